The second-order valence-electron chi connectivity index (χ2n) is 5.47. The van der Waals surface area contributed by atoms with Crippen LogP contribution in [0.2, 0.25) is 0 Å². The predicted molar refractivity (Wildman–Crippen MR) is 93.7 cm³/mol. The largest absolute Gasteiger partial charge is 0.497 e. The number of esters is 1. The van der Waals surface area contributed by atoms with Gasteiger partial charge in [-0.3, -0.25) is 9.59 Å². The van der Waals surface area contributed by atoms with Gasteiger partial charge >= 0.3 is 5.97 Å². The first kappa shape index (κ1) is 20.2. The minimum atomic E-state index is -1.08. The van der Waals surface area contributed by atoms with Crippen LogP contribution in [0.4, 0.5) is 14.5 Å². The molecule has 0 fully saturated rings. The molecule has 0 unspecified atom stereocenters. The molecule has 0 bridgehead atoms. The molecule has 0 saturated heterocycles. The van der Waals surface area contributed by atoms with Gasteiger partial charge in [0.15, 0.2) is 18.2 Å². The van der Waals surface area contributed by atoms with E-state index < -0.39 is 30.1 Å². The van der Waals surface area contributed by atoms with Gasteiger partial charge in [0.1, 0.15) is 11.5 Å². The molecule has 0 heterocycles. The Kier molecular flexibility index (Phi) is 7.54. The summed E-state index contributed by atoms with van der Waals surface area (Å²) in [5.41, 5.74) is 0.0721. The Morgan fingerprint density at radius 1 is 1.00 bits per heavy atom. The van der Waals surface area contributed by atoms with Gasteiger partial charge in [-0.05, 0) is 42.8 Å². The first-order chi connectivity index (χ1) is 13.0. The Balaban J connectivity index is 1.62. The predicted octanol–water partition coefficient (Wildman–Crippen LogP) is 3.31. The van der Waals surface area contributed by atoms with Crippen LogP contribution >= 0.6 is 0 Å². The van der Waals surface area contributed by atoms with E-state index >= 15 is 0 Å². The highest BCUT2D eigenvalue weighted by Gasteiger charge is 2.09. The maximum absolute atomic E-state index is 13.0. The first-order valence-corrected chi connectivity index (χ1v) is 8.15. The van der Waals surface area contributed by atoms with E-state index in [9.17, 15) is 18.4 Å². The minimum absolute atomic E-state index is 0.0721. The number of hydrogen-bond donors (Lipinski definition) is 1. The lowest BCUT2D eigenvalue weighted by molar-refractivity contribution is -0.147. The van der Waals surface area contributed by atoms with Crippen LogP contribution in [0.15, 0.2) is 42.5 Å². The van der Waals surface area contributed by atoms with Crippen molar-refractivity contribution < 1.29 is 32.6 Å². The Hall–Kier alpha value is -3.16. The number of rotatable bonds is 9. The zero-order valence-corrected chi connectivity index (χ0v) is 14.7. The van der Waals surface area contributed by atoms with E-state index in [1.54, 1.807) is 31.4 Å². The van der Waals surface area contributed by atoms with Crippen molar-refractivity contribution in [3.05, 3.63) is 54.1 Å². The summed E-state index contributed by atoms with van der Waals surface area (Å²) in [5, 5.41) is 2.31. The van der Waals surface area contributed by atoms with Crippen molar-refractivity contribution in [2.45, 2.75) is 12.8 Å². The maximum Gasteiger partial charge on any atom is 0.306 e. The van der Waals surface area contributed by atoms with Gasteiger partial charge in [-0.15, -0.1) is 0 Å². The summed E-state index contributed by atoms with van der Waals surface area (Å²) in [6.45, 7) is -0.209. The number of ether oxygens (including phenoxy) is 3. The van der Waals surface area contributed by atoms with E-state index in [0.717, 1.165) is 12.1 Å². The first-order valence-electron chi connectivity index (χ1n) is 8.15. The molecule has 2 aromatic rings. The lowest BCUT2D eigenvalue weighted by atomic mass is 10.3. The van der Waals surface area contributed by atoms with Crippen LogP contribution < -0.4 is 14.8 Å². The topological polar surface area (TPSA) is 73.9 Å². The van der Waals surface area contributed by atoms with Crippen molar-refractivity contribution in [1.82, 2.24) is 0 Å². The molecular formula is C19H19F2NO5. The number of benzene rings is 2. The molecule has 0 radical (unpaired) electrons. The van der Waals surface area contributed by atoms with Gasteiger partial charge in [-0.1, -0.05) is 0 Å². The van der Waals surface area contributed by atoms with Gasteiger partial charge in [0.05, 0.1) is 13.7 Å². The molecule has 27 heavy (non-hydrogen) atoms. The number of amides is 1. The summed E-state index contributed by atoms with van der Waals surface area (Å²) in [6, 6.07) is 9.95. The average Bonchev–Trinajstić information content (AvgIpc) is 2.67. The molecule has 0 aliphatic carbocycles. The number of carbonyl (C=O) groups is 2. The van der Waals surface area contributed by atoms with Gasteiger partial charge in [0.25, 0.3) is 5.91 Å². The van der Waals surface area contributed by atoms with E-state index in [4.69, 9.17) is 14.2 Å². The maximum atomic E-state index is 13.0. The molecular weight excluding hydrogens is 360 g/mol. The third-order valence-corrected chi connectivity index (χ3v) is 3.42. The number of nitrogens with one attached hydrogen (secondary N) is 1. The zero-order chi connectivity index (χ0) is 19.6. The lowest BCUT2D eigenvalue weighted by Gasteiger charge is -2.08. The third-order valence-electron chi connectivity index (χ3n) is 3.42. The minimum Gasteiger partial charge on any atom is -0.497 e. The van der Waals surface area contributed by atoms with Crippen molar-refractivity contribution >= 4 is 17.6 Å². The highest BCUT2D eigenvalue weighted by molar-refractivity contribution is 5.92. The van der Waals surface area contributed by atoms with Crippen LogP contribution in [-0.4, -0.2) is 32.2 Å². The number of halogens is 2. The van der Waals surface area contributed by atoms with E-state index in [1.807, 2.05) is 0 Å². The summed E-state index contributed by atoms with van der Waals surface area (Å²) in [5.74, 6) is -1.95. The van der Waals surface area contributed by atoms with Gasteiger partial charge in [0.2, 0.25) is 0 Å². The molecule has 0 atom stereocenters. The third kappa shape index (κ3) is 6.93. The SMILES string of the molecule is COc1ccc(OCCCC(=O)OCC(=O)Nc2ccc(F)c(F)c2)cc1. The van der Waals surface area contributed by atoms with Crippen LogP contribution in [0.1, 0.15) is 12.8 Å². The van der Waals surface area contributed by atoms with Gasteiger partial charge in [-0.25, -0.2) is 8.78 Å². The Morgan fingerprint density at radius 2 is 1.70 bits per heavy atom. The fourth-order valence-corrected chi connectivity index (χ4v) is 2.07. The highest BCUT2D eigenvalue weighted by atomic mass is 19.2. The zero-order valence-electron chi connectivity index (χ0n) is 14.7. The lowest BCUT2D eigenvalue weighted by Crippen LogP contribution is -2.21. The molecule has 1 amide bonds. The second kappa shape index (κ2) is 10.1. The second-order valence-corrected chi connectivity index (χ2v) is 5.47. The van der Waals surface area contributed by atoms with Crippen molar-refractivity contribution in [2.24, 2.45) is 0 Å². The monoisotopic (exact) mass is 379 g/mol. The van der Waals surface area contributed by atoms with Crippen LogP contribution in [-0.2, 0) is 14.3 Å². The van der Waals surface area contributed by atoms with Crippen LogP contribution in [0.25, 0.3) is 0 Å². The fourth-order valence-electron chi connectivity index (χ4n) is 2.07. The van der Waals surface area contributed by atoms with E-state index in [2.05, 4.69) is 5.32 Å². The van der Waals surface area contributed by atoms with Crippen LogP contribution in [0.5, 0.6) is 11.5 Å². The number of anilines is 1. The summed E-state index contributed by atoms with van der Waals surface area (Å²) in [7, 11) is 1.57. The summed E-state index contributed by atoms with van der Waals surface area (Å²) in [4.78, 5) is 23.3. The molecule has 8 heteroatoms. The average molecular weight is 379 g/mol. The normalized spacial score (nSPS) is 10.2. The van der Waals surface area contributed by atoms with Gasteiger partial charge < -0.3 is 19.5 Å². The van der Waals surface area contributed by atoms with E-state index in [1.165, 1.54) is 6.07 Å². The van der Waals surface area contributed by atoms with Crippen molar-refractivity contribution in [3.63, 3.8) is 0 Å². The van der Waals surface area contributed by atoms with Crippen molar-refractivity contribution in [1.29, 1.82) is 0 Å². The molecule has 0 spiro atoms. The van der Waals surface area contributed by atoms with Crippen LogP contribution in [0, 0.1) is 11.6 Å². The number of hydrogen-bond acceptors (Lipinski definition) is 5. The molecule has 2 aromatic carbocycles. The number of carbonyl (C=O) groups excluding carboxylic acids is 2. The summed E-state index contributed by atoms with van der Waals surface area (Å²) < 4.78 is 41.2. The summed E-state index contributed by atoms with van der Waals surface area (Å²) >= 11 is 0. The Morgan fingerprint density at radius 3 is 2.37 bits per heavy atom. The van der Waals surface area contributed by atoms with Crippen LogP contribution in [0.3, 0.4) is 0 Å². The Labute approximate surface area is 155 Å². The van der Waals surface area contributed by atoms with Crippen molar-refractivity contribution in [2.75, 3.05) is 25.6 Å². The molecule has 0 aliphatic rings. The molecule has 6 nitrogen and oxygen atoms in total. The molecule has 2 rings (SSSR count). The van der Waals surface area contributed by atoms with E-state index in [0.29, 0.717) is 24.5 Å². The smallest absolute Gasteiger partial charge is 0.306 e. The van der Waals surface area contributed by atoms with Gasteiger partial charge in [0, 0.05) is 18.2 Å². The molecule has 0 aromatic heterocycles. The summed E-state index contributed by atoms with van der Waals surface area (Å²) in [6.07, 6.45) is 0.490. The fraction of sp³-hybridized carbons (Fsp3) is 0.263. The molecule has 0 saturated carbocycles. The van der Waals surface area contributed by atoms with E-state index in [-0.39, 0.29) is 12.1 Å². The molecule has 1 N–H and O–H groups in total. The van der Waals surface area contributed by atoms with Crippen molar-refractivity contribution in [3.8, 4) is 11.5 Å². The quantitative estimate of drug-likeness (QED) is 0.535. The number of methoxy groups -OCH3 is 1. The molecule has 144 valence electrons. The van der Waals surface area contributed by atoms with Gasteiger partial charge in [-0.2, -0.15) is 0 Å². The standard InChI is InChI=1S/C19H19F2NO5/c1-25-14-5-7-15(8-6-14)26-10-2-3-19(24)27-12-18(23)22-13-4-9-16(20)17(21)11-13/h4-9,11H,2-3,10,12H2,1H3,(H,22,23). The highest BCUT2D eigenvalue weighted by Crippen LogP contribution is 2.17. The Bertz CT molecular complexity index is 780. The molecule has 0 aliphatic heterocycles.